The van der Waals surface area contributed by atoms with Crippen molar-refractivity contribution in [1.82, 2.24) is 4.98 Å². The van der Waals surface area contributed by atoms with Crippen LogP contribution in [-0.4, -0.2) is 15.9 Å². The van der Waals surface area contributed by atoms with E-state index in [4.69, 9.17) is 4.42 Å². The van der Waals surface area contributed by atoms with Crippen molar-refractivity contribution in [2.45, 2.75) is 93.4 Å². The molecule has 4 rings (SSSR count). The molecule has 2 aromatic heterocycles. The van der Waals surface area contributed by atoms with Gasteiger partial charge in [0.25, 0.3) is 0 Å². The Morgan fingerprint density at radius 2 is 1.53 bits per heavy atom. The second-order valence-electron chi connectivity index (χ2n) is 12.3. The number of fused-ring (bicyclic) bond motifs is 1. The molecule has 1 N–H and O–H groups in total. The summed E-state index contributed by atoms with van der Waals surface area (Å²) in [6.45, 7) is 18.9. The summed E-state index contributed by atoms with van der Waals surface area (Å²) in [5.41, 5.74) is 7.63. The standard InChI is InChI=1S/C25H24NO.C13H24O2.Ir/c1-16-10-17(2)12-19(11-16)22-13-20-14-23(27-24(20)15-26-22)18-6-8-21(9-7-18)25(3,4)5;1-5-10(6-2)12(14)9-13(15)11(7-3)8-4;/h6-11,13-15H,1-5H3;9-11,14H,5-8H2,1-4H3;/q-1;;/b;12-9-;. The monoisotopic (exact) mass is 759 g/mol. The first-order valence-corrected chi connectivity index (χ1v) is 15.4. The summed E-state index contributed by atoms with van der Waals surface area (Å²) >= 11 is 0. The average molecular weight is 759 g/mol. The normalized spacial score (nSPS) is 11.8. The van der Waals surface area contributed by atoms with Crippen molar-refractivity contribution < 1.29 is 34.4 Å². The van der Waals surface area contributed by atoms with E-state index in [9.17, 15) is 9.90 Å². The van der Waals surface area contributed by atoms with Crippen molar-refractivity contribution in [2.75, 3.05) is 0 Å². The first-order valence-electron chi connectivity index (χ1n) is 15.4. The number of ketones is 1. The molecule has 0 bridgehead atoms. The van der Waals surface area contributed by atoms with Gasteiger partial charge in [0.05, 0.1) is 12.0 Å². The fourth-order valence-corrected chi connectivity index (χ4v) is 5.18. The predicted molar refractivity (Wildman–Crippen MR) is 176 cm³/mol. The maximum absolute atomic E-state index is 11.7. The molecular weight excluding hydrogens is 711 g/mol. The topological polar surface area (TPSA) is 63.3 Å². The van der Waals surface area contributed by atoms with Gasteiger partial charge in [-0.25, -0.2) is 0 Å². The zero-order valence-corrected chi connectivity index (χ0v) is 29.7. The van der Waals surface area contributed by atoms with Crippen LogP contribution in [0.1, 0.15) is 90.8 Å². The zero-order chi connectivity index (χ0) is 31.0. The number of hydrogen-bond donors (Lipinski definition) is 1. The zero-order valence-electron chi connectivity index (χ0n) is 27.3. The van der Waals surface area contributed by atoms with Crippen molar-refractivity contribution in [3.8, 4) is 22.6 Å². The molecule has 0 spiro atoms. The molecule has 43 heavy (non-hydrogen) atoms. The number of aryl methyl sites for hydroxylation is 2. The Hall–Kier alpha value is -3.01. The number of nitrogens with zero attached hydrogens (tertiary/aromatic N) is 1. The predicted octanol–water partition coefficient (Wildman–Crippen LogP) is 10.7. The van der Waals surface area contributed by atoms with Crippen LogP contribution in [0, 0.1) is 31.7 Å². The van der Waals surface area contributed by atoms with E-state index in [0.717, 1.165) is 64.8 Å². The third-order valence-corrected chi connectivity index (χ3v) is 7.95. The molecule has 4 nitrogen and oxygen atoms in total. The van der Waals surface area contributed by atoms with Gasteiger partial charge in [0.15, 0.2) is 11.4 Å². The van der Waals surface area contributed by atoms with Gasteiger partial charge >= 0.3 is 0 Å². The fourth-order valence-electron chi connectivity index (χ4n) is 5.18. The molecule has 233 valence electrons. The number of allylic oxidation sites excluding steroid dienone is 2. The number of furan rings is 1. The molecule has 2 heterocycles. The molecule has 5 heteroatoms. The van der Waals surface area contributed by atoms with Crippen molar-refractivity contribution in [1.29, 1.82) is 0 Å². The Kier molecular flexibility index (Phi) is 13.6. The summed E-state index contributed by atoms with van der Waals surface area (Å²) < 4.78 is 6.05. The van der Waals surface area contributed by atoms with Crippen LogP contribution in [0.25, 0.3) is 33.6 Å². The van der Waals surface area contributed by atoms with Gasteiger partial charge in [-0.15, -0.1) is 34.9 Å². The third-order valence-electron chi connectivity index (χ3n) is 7.95. The summed E-state index contributed by atoms with van der Waals surface area (Å²) in [6.07, 6.45) is 6.71. The molecule has 0 atom stereocenters. The Morgan fingerprint density at radius 3 is 2.07 bits per heavy atom. The molecule has 0 saturated carbocycles. The van der Waals surface area contributed by atoms with Crippen molar-refractivity contribution in [2.24, 2.45) is 11.8 Å². The van der Waals surface area contributed by atoms with E-state index in [1.54, 1.807) is 0 Å². The summed E-state index contributed by atoms with van der Waals surface area (Å²) in [4.78, 5) is 16.3. The van der Waals surface area contributed by atoms with Gasteiger partial charge in [0.1, 0.15) is 5.76 Å². The molecule has 4 aromatic rings. The molecule has 0 saturated heterocycles. The number of aliphatic hydroxyl groups is 1. The van der Waals surface area contributed by atoms with Crippen LogP contribution in [0.5, 0.6) is 0 Å². The summed E-state index contributed by atoms with van der Waals surface area (Å²) in [5, 5.41) is 10.8. The molecule has 0 unspecified atom stereocenters. The number of aliphatic hydroxyl groups excluding tert-OH is 1. The minimum absolute atomic E-state index is 0. The summed E-state index contributed by atoms with van der Waals surface area (Å²) in [6, 6.07) is 20.4. The van der Waals surface area contributed by atoms with Gasteiger partial charge in [0.2, 0.25) is 0 Å². The maximum Gasteiger partial charge on any atom is 0.162 e. The van der Waals surface area contributed by atoms with E-state index in [-0.39, 0.29) is 48.9 Å². The van der Waals surface area contributed by atoms with E-state index in [1.165, 1.54) is 17.2 Å². The van der Waals surface area contributed by atoms with Crippen LogP contribution in [-0.2, 0) is 30.3 Å². The Labute approximate surface area is 272 Å². The second-order valence-corrected chi connectivity index (χ2v) is 12.3. The van der Waals surface area contributed by atoms with E-state index in [0.29, 0.717) is 0 Å². The maximum atomic E-state index is 11.7. The number of benzene rings is 2. The molecule has 0 aliphatic heterocycles. The van der Waals surface area contributed by atoms with Crippen molar-refractivity contribution in [3.63, 3.8) is 0 Å². The first kappa shape index (κ1) is 36.2. The van der Waals surface area contributed by atoms with Crippen LogP contribution in [0.2, 0.25) is 0 Å². The number of carbonyl (C=O) groups excluding carboxylic acids is 1. The average Bonchev–Trinajstić information content (AvgIpc) is 3.37. The van der Waals surface area contributed by atoms with Crippen molar-refractivity contribution in [3.05, 3.63) is 89.3 Å². The van der Waals surface area contributed by atoms with Gasteiger partial charge in [-0.1, -0.05) is 92.6 Å². The SMILES string of the molecule is CCC(CC)C(=O)/C=C(\O)C(CC)CC.Cc1[c-]c(-c2cc3cc(-c4ccc(C(C)(C)C)cc4)oc3cn2)cc(C)c1.[Ir]. The van der Waals surface area contributed by atoms with Crippen LogP contribution in [0.3, 0.4) is 0 Å². The van der Waals surface area contributed by atoms with Gasteiger partial charge < -0.3 is 14.5 Å². The number of hydrogen-bond acceptors (Lipinski definition) is 4. The molecule has 0 aliphatic carbocycles. The van der Waals surface area contributed by atoms with E-state index in [1.807, 2.05) is 33.9 Å². The van der Waals surface area contributed by atoms with Gasteiger partial charge in [0, 0.05) is 49.0 Å². The van der Waals surface area contributed by atoms with Crippen molar-refractivity contribution >= 4 is 16.8 Å². The number of pyridine rings is 1. The quantitative estimate of drug-likeness (QED) is 0.105. The second kappa shape index (κ2) is 16.2. The largest absolute Gasteiger partial charge is 0.512 e. The fraction of sp³-hybridized carbons (Fsp3) is 0.421. The molecule has 0 aliphatic rings. The first-order chi connectivity index (χ1) is 19.9. The Morgan fingerprint density at radius 1 is 0.930 bits per heavy atom. The van der Waals surface area contributed by atoms with Crippen LogP contribution in [0.15, 0.2) is 71.0 Å². The minimum atomic E-state index is 0. The Bertz CT molecular complexity index is 1480. The van der Waals surface area contributed by atoms with Crippen LogP contribution >= 0.6 is 0 Å². The molecular formula is C38H48IrNO3-. The summed E-state index contributed by atoms with van der Waals surface area (Å²) in [5.74, 6) is 1.42. The molecule has 0 fully saturated rings. The third kappa shape index (κ3) is 9.74. The molecule has 2 aromatic carbocycles. The Balaban J connectivity index is 0.000000348. The van der Waals surface area contributed by atoms with E-state index >= 15 is 0 Å². The summed E-state index contributed by atoms with van der Waals surface area (Å²) in [7, 11) is 0. The number of rotatable bonds is 9. The van der Waals surface area contributed by atoms with Crippen LogP contribution < -0.4 is 0 Å². The minimum Gasteiger partial charge on any atom is -0.512 e. The van der Waals surface area contributed by atoms with Gasteiger partial charge in [-0.3, -0.25) is 4.79 Å². The number of aromatic nitrogens is 1. The molecule has 1 radical (unpaired) electrons. The van der Waals surface area contributed by atoms with Gasteiger partial charge in [-0.05, 0) is 48.4 Å². The van der Waals surface area contributed by atoms with E-state index < -0.39 is 0 Å². The van der Waals surface area contributed by atoms with Crippen LogP contribution in [0.4, 0.5) is 0 Å². The number of carbonyl (C=O) groups is 1. The molecule has 0 amide bonds. The van der Waals surface area contributed by atoms with E-state index in [2.05, 4.69) is 94.2 Å². The smallest absolute Gasteiger partial charge is 0.162 e. The van der Waals surface area contributed by atoms with Gasteiger partial charge in [-0.2, -0.15) is 0 Å².